The van der Waals surface area contributed by atoms with Gasteiger partial charge in [-0.2, -0.15) is 0 Å². The Hall–Kier alpha value is -0.930. The van der Waals surface area contributed by atoms with Crippen molar-refractivity contribution >= 4 is 0 Å². The SMILES string of the molecule is CCCCCCCC(C)(CN)N(C)Cc1ccccn1. The maximum atomic E-state index is 6.04. The van der Waals surface area contributed by atoms with Crippen molar-refractivity contribution in [3.05, 3.63) is 30.1 Å². The summed E-state index contributed by atoms with van der Waals surface area (Å²) in [6.07, 6.45) is 9.60. The predicted octanol–water partition coefficient (Wildman–Crippen LogP) is 3.59. The minimum Gasteiger partial charge on any atom is -0.329 e. The van der Waals surface area contributed by atoms with Gasteiger partial charge in [0.15, 0.2) is 0 Å². The fraction of sp³-hybridized carbons (Fsp3) is 0.706. The number of pyridine rings is 1. The molecular formula is C17H31N3. The van der Waals surface area contributed by atoms with Crippen LogP contribution in [0.5, 0.6) is 0 Å². The van der Waals surface area contributed by atoms with E-state index in [4.69, 9.17) is 5.73 Å². The van der Waals surface area contributed by atoms with E-state index >= 15 is 0 Å². The van der Waals surface area contributed by atoms with Gasteiger partial charge in [-0.25, -0.2) is 0 Å². The summed E-state index contributed by atoms with van der Waals surface area (Å²) >= 11 is 0. The Morgan fingerprint density at radius 3 is 2.55 bits per heavy atom. The first kappa shape index (κ1) is 17.1. The molecule has 0 aliphatic rings. The average molecular weight is 277 g/mol. The molecule has 20 heavy (non-hydrogen) atoms. The van der Waals surface area contributed by atoms with Gasteiger partial charge in [-0.3, -0.25) is 9.88 Å². The zero-order chi connectivity index (χ0) is 14.8. The molecule has 0 radical (unpaired) electrons. The van der Waals surface area contributed by atoms with Crippen LogP contribution in [0.4, 0.5) is 0 Å². The van der Waals surface area contributed by atoms with Gasteiger partial charge in [-0.05, 0) is 32.5 Å². The topological polar surface area (TPSA) is 42.1 Å². The largest absolute Gasteiger partial charge is 0.329 e. The van der Waals surface area contributed by atoms with E-state index in [-0.39, 0.29) is 5.54 Å². The third kappa shape index (κ3) is 5.59. The smallest absolute Gasteiger partial charge is 0.0544 e. The molecule has 0 spiro atoms. The van der Waals surface area contributed by atoms with Gasteiger partial charge in [-0.15, -0.1) is 0 Å². The molecule has 0 fully saturated rings. The van der Waals surface area contributed by atoms with Crippen LogP contribution in [0, 0.1) is 0 Å². The Labute approximate surface area is 124 Å². The number of aromatic nitrogens is 1. The van der Waals surface area contributed by atoms with Gasteiger partial charge in [0.1, 0.15) is 0 Å². The number of nitrogens with two attached hydrogens (primary N) is 1. The number of rotatable bonds is 10. The molecule has 2 N–H and O–H groups in total. The molecule has 0 aliphatic heterocycles. The zero-order valence-corrected chi connectivity index (χ0v) is 13.4. The first-order chi connectivity index (χ1) is 9.62. The van der Waals surface area contributed by atoms with Crippen LogP contribution >= 0.6 is 0 Å². The molecule has 0 saturated carbocycles. The van der Waals surface area contributed by atoms with Gasteiger partial charge in [0, 0.05) is 24.8 Å². The quantitative estimate of drug-likeness (QED) is 0.665. The van der Waals surface area contributed by atoms with Gasteiger partial charge in [0.05, 0.1) is 5.69 Å². The fourth-order valence-corrected chi connectivity index (χ4v) is 2.48. The van der Waals surface area contributed by atoms with E-state index in [1.807, 2.05) is 18.3 Å². The summed E-state index contributed by atoms with van der Waals surface area (Å²) in [6.45, 7) is 6.09. The van der Waals surface area contributed by atoms with E-state index < -0.39 is 0 Å². The number of nitrogens with zero attached hydrogens (tertiary/aromatic N) is 2. The normalized spacial score (nSPS) is 14.4. The summed E-state index contributed by atoms with van der Waals surface area (Å²) in [5.74, 6) is 0. The number of unbranched alkanes of at least 4 members (excludes halogenated alkanes) is 4. The predicted molar refractivity (Wildman–Crippen MR) is 86.5 cm³/mol. The molecule has 0 saturated heterocycles. The molecule has 1 rings (SSSR count). The van der Waals surface area contributed by atoms with E-state index in [1.54, 1.807) is 0 Å². The fourth-order valence-electron chi connectivity index (χ4n) is 2.48. The van der Waals surface area contributed by atoms with Crippen molar-refractivity contribution in [2.45, 2.75) is 64.5 Å². The minimum absolute atomic E-state index is 0.0732. The van der Waals surface area contributed by atoms with Crippen LogP contribution in [0.2, 0.25) is 0 Å². The zero-order valence-electron chi connectivity index (χ0n) is 13.4. The Morgan fingerprint density at radius 1 is 1.20 bits per heavy atom. The monoisotopic (exact) mass is 277 g/mol. The molecule has 1 aromatic heterocycles. The summed E-state index contributed by atoms with van der Waals surface area (Å²) in [7, 11) is 2.16. The van der Waals surface area contributed by atoms with Crippen LogP contribution < -0.4 is 5.73 Å². The van der Waals surface area contributed by atoms with Crippen LogP contribution in [0.25, 0.3) is 0 Å². The third-order valence-electron chi connectivity index (χ3n) is 4.31. The second kappa shape index (κ2) is 9.09. The third-order valence-corrected chi connectivity index (χ3v) is 4.31. The molecule has 0 bridgehead atoms. The van der Waals surface area contributed by atoms with E-state index in [0.717, 1.165) is 18.7 Å². The molecule has 3 nitrogen and oxygen atoms in total. The van der Waals surface area contributed by atoms with Crippen LogP contribution in [-0.4, -0.2) is 29.0 Å². The number of hydrogen-bond donors (Lipinski definition) is 1. The Balaban J connectivity index is 2.45. The highest BCUT2D eigenvalue weighted by atomic mass is 15.2. The molecule has 1 atom stereocenters. The molecule has 3 heteroatoms. The lowest BCUT2D eigenvalue weighted by Crippen LogP contribution is -2.49. The minimum atomic E-state index is 0.0732. The lowest BCUT2D eigenvalue weighted by atomic mass is 9.92. The van der Waals surface area contributed by atoms with E-state index in [0.29, 0.717) is 6.54 Å². The number of likely N-dealkylation sites (N-methyl/N-ethyl adjacent to an activating group) is 1. The van der Waals surface area contributed by atoms with Crippen molar-refractivity contribution < 1.29 is 0 Å². The molecule has 1 unspecified atom stereocenters. The van der Waals surface area contributed by atoms with Crippen LogP contribution in [0.3, 0.4) is 0 Å². The summed E-state index contributed by atoms with van der Waals surface area (Å²) in [5.41, 5.74) is 7.23. The van der Waals surface area contributed by atoms with Crippen LogP contribution in [-0.2, 0) is 6.54 Å². The first-order valence-electron chi connectivity index (χ1n) is 7.93. The Bertz CT molecular complexity index is 353. The summed E-state index contributed by atoms with van der Waals surface area (Å²) in [6, 6.07) is 6.08. The van der Waals surface area contributed by atoms with Crippen molar-refractivity contribution in [1.29, 1.82) is 0 Å². The first-order valence-corrected chi connectivity index (χ1v) is 7.93. The molecule has 114 valence electrons. The highest BCUT2D eigenvalue weighted by Crippen LogP contribution is 2.22. The van der Waals surface area contributed by atoms with E-state index in [1.165, 1.54) is 32.1 Å². The average Bonchev–Trinajstić information content (AvgIpc) is 2.47. The molecular weight excluding hydrogens is 246 g/mol. The maximum Gasteiger partial charge on any atom is 0.0544 e. The van der Waals surface area contributed by atoms with E-state index in [9.17, 15) is 0 Å². The highest BCUT2D eigenvalue weighted by molar-refractivity contribution is 5.04. The lowest BCUT2D eigenvalue weighted by molar-refractivity contribution is 0.121. The molecule has 1 heterocycles. The highest BCUT2D eigenvalue weighted by Gasteiger charge is 2.27. The van der Waals surface area contributed by atoms with Gasteiger partial charge >= 0.3 is 0 Å². The number of hydrogen-bond acceptors (Lipinski definition) is 3. The Morgan fingerprint density at radius 2 is 1.95 bits per heavy atom. The summed E-state index contributed by atoms with van der Waals surface area (Å²) in [4.78, 5) is 6.76. The van der Waals surface area contributed by atoms with Gasteiger partial charge in [0.2, 0.25) is 0 Å². The van der Waals surface area contributed by atoms with Crippen molar-refractivity contribution in [2.75, 3.05) is 13.6 Å². The van der Waals surface area contributed by atoms with Gasteiger partial charge in [0.25, 0.3) is 0 Å². The van der Waals surface area contributed by atoms with Crippen LogP contribution in [0.15, 0.2) is 24.4 Å². The van der Waals surface area contributed by atoms with Crippen molar-refractivity contribution in [2.24, 2.45) is 5.73 Å². The maximum absolute atomic E-state index is 6.04. The van der Waals surface area contributed by atoms with Crippen molar-refractivity contribution in [3.63, 3.8) is 0 Å². The van der Waals surface area contributed by atoms with Crippen molar-refractivity contribution in [1.82, 2.24) is 9.88 Å². The van der Waals surface area contributed by atoms with Gasteiger partial charge < -0.3 is 5.73 Å². The van der Waals surface area contributed by atoms with Crippen LogP contribution in [0.1, 0.15) is 58.1 Å². The second-order valence-electron chi connectivity index (χ2n) is 6.04. The molecule has 0 aliphatic carbocycles. The molecule has 0 amide bonds. The second-order valence-corrected chi connectivity index (χ2v) is 6.04. The summed E-state index contributed by atoms with van der Waals surface area (Å²) < 4.78 is 0. The van der Waals surface area contributed by atoms with E-state index in [2.05, 4.69) is 36.8 Å². The lowest BCUT2D eigenvalue weighted by Gasteiger charge is -2.38. The Kier molecular flexibility index (Phi) is 7.78. The standard InChI is InChI=1S/C17H31N3/c1-4-5-6-7-9-12-17(2,15-18)20(3)14-16-11-8-10-13-19-16/h8,10-11,13H,4-7,9,12,14-15,18H2,1-3H3. The molecule has 1 aromatic rings. The summed E-state index contributed by atoms with van der Waals surface area (Å²) in [5, 5.41) is 0. The molecule has 0 aromatic carbocycles. The van der Waals surface area contributed by atoms with Gasteiger partial charge in [-0.1, -0.05) is 45.1 Å². The van der Waals surface area contributed by atoms with Crippen molar-refractivity contribution in [3.8, 4) is 0 Å².